The third kappa shape index (κ3) is 7.79. The van der Waals surface area contributed by atoms with Gasteiger partial charge in [-0.05, 0) is 41.0 Å². The molecule has 0 atom stereocenters. The van der Waals surface area contributed by atoms with Crippen molar-refractivity contribution in [3.8, 4) is 0 Å². The molecule has 1 heterocycles. The first kappa shape index (κ1) is 21.3. The van der Waals surface area contributed by atoms with Crippen molar-refractivity contribution in [2.75, 3.05) is 26.3 Å². The molecule has 1 aliphatic rings. The first-order valence-corrected chi connectivity index (χ1v) is 8.64. The predicted molar refractivity (Wildman–Crippen MR) is 93.8 cm³/mol. The minimum absolute atomic E-state index is 0.0951. The van der Waals surface area contributed by atoms with Crippen molar-refractivity contribution in [1.29, 1.82) is 0 Å². The molecule has 0 aromatic heterocycles. The molecule has 0 saturated carbocycles. The van der Waals surface area contributed by atoms with Crippen LogP contribution in [-0.2, 0) is 23.9 Å². The van der Waals surface area contributed by atoms with E-state index in [0.29, 0.717) is 26.2 Å². The van der Waals surface area contributed by atoms with Crippen LogP contribution >= 0.6 is 0 Å². The number of nitrogens with one attached hydrogen (secondary N) is 1. The first-order chi connectivity index (χ1) is 11.6. The van der Waals surface area contributed by atoms with Crippen LogP contribution in [-0.4, -0.2) is 60.1 Å². The maximum Gasteiger partial charge on any atom is 0.253 e. The number of hydrogen-bond acceptors (Lipinski definition) is 5. The lowest BCUT2D eigenvalue weighted by Crippen LogP contribution is -2.39. The third-order valence-electron chi connectivity index (χ3n) is 3.86. The number of ether oxygens (including phenoxy) is 2. The van der Waals surface area contributed by atoms with E-state index in [2.05, 4.69) is 5.32 Å². The van der Waals surface area contributed by atoms with Crippen LogP contribution in [0.1, 0.15) is 47.5 Å². The molecule has 142 valence electrons. The second kappa shape index (κ2) is 9.10. The summed E-state index contributed by atoms with van der Waals surface area (Å²) in [5, 5.41) is 2.79. The van der Waals surface area contributed by atoms with E-state index < -0.39 is 5.60 Å². The topological polar surface area (TPSA) is 84.9 Å². The lowest BCUT2D eigenvalue weighted by Gasteiger charge is -2.32. The van der Waals surface area contributed by atoms with Crippen molar-refractivity contribution in [2.45, 2.75) is 58.7 Å². The molecule has 1 N–H and O–H groups in total. The number of rotatable bonds is 11. The third-order valence-corrected chi connectivity index (χ3v) is 3.86. The van der Waals surface area contributed by atoms with Crippen LogP contribution in [0.25, 0.3) is 0 Å². The Kier molecular flexibility index (Phi) is 7.76. The molecule has 7 heteroatoms. The lowest BCUT2D eigenvalue weighted by molar-refractivity contribution is -0.137. The van der Waals surface area contributed by atoms with E-state index in [1.54, 1.807) is 0 Å². The second-order valence-corrected chi connectivity index (χ2v) is 7.25. The summed E-state index contributed by atoms with van der Waals surface area (Å²) in [5.41, 5.74) is -0.745. The Hall–Kier alpha value is -1.73. The Bertz CT molecular complexity index is 508. The highest BCUT2D eigenvalue weighted by Gasteiger charge is 2.26. The summed E-state index contributed by atoms with van der Waals surface area (Å²) < 4.78 is 11.5. The number of hydrogen-bond donors (Lipinski definition) is 1. The van der Waals surface area contributed by atoms with Gasteiger partial charge in [-0.25, -0.2) is 0 Å². The maximum atomic E-state index is 11.9. The molecule has 0 fully saturated rings. The average Bonchev–Trinajstić information content (AvgIpc) is 2.82. The van der Waals surface area contributed by atoms with E-state index in [1.165, 1.54) is 12.2 Å². The average molecular weight is 354 g/mol. The number of carbonyl (C=O) groups excluding carboxylic acids is 3. The van der Waals surface area contributed by atoms with E-state index in [4.69, 9.17) is 9.47 Å². The van der Waals surface area contributed by atoms with E-state index in [1.807, 2.05) is 34.6 Å². The molecule has 0 aliphatic carbocycles. The van der Waals surface area contributed by atoms with Crippen molar-refractivity contribution in [3.63, 3.8) is 0 Å². The Balaban J connectivity index is 2.25. The van der Waals surface area contributed by atoms with Crippen LogP contribution in [0.5, 0.6) is 0 Å². The molecule has 0 radical (unpaired) electrons. The predicted octanol–water partition coefficient (Wildman–Crippen LogP) is 1.42. The van der Waals surface area contributed by atoms with Gasteiger partial charge in [-0.15, -0.1) is 0 Å². The molecule has 0 unspecified atom stereocenters. The van der Waals surface area contributed by atoms with Crippen LogP contribution < -0.4 is 5.32 Å². The summed E-state index contributed by atoms with van der Waals surface area (Å²) in [7, 11) is 0. The van der Waals surface area contributed by atoms with Gasteiger partial charge in [0.25, 0.3) is 11.8 Å². The molecule has 0 saturated heterocycles. The van der Waals surface area contributed by atoms with Crippen LogP contribution in [0.4, 0.5) is 0 Å². The minimum Gasteiger partial charge on any atom is -0.373 e. The largest absolute Gasteiger partial charge is 0.373 e. The number of carbonyl (C=O) groups is 3. The molecule has 0 aromatic rings. The van der Waals surface area contributed by atoms with Gasteiger partial charge in [-0.1, -0.05) is 0 Å². The Morgan fingerprint density at radius 3 is 2.24 bits per heavy atom. The van der Waals surface area contributed by atoms with Gasteiger partial charge >= 0.3 is 0 Å². The van der Waals surface area contributed by atoms with Crippen molar-refractivity contribution >= 4 is 17.7 Å². The molecule has 1 aliphatic heterocycles. The zero-order valence-corrected chi connectivity index (χ0v) is 15.9. The fourth-order valence-electron chi connectivity index (χ4n) is 2.33. The summed E-state index contributed by atoms with van der Waals surface area (Å²) in [5.74, 6) is -0.938. The zero-order chi connectivity index (χ0) is 19.1. The van der Waals surface area contributed by atoms with E-state index in [0.717, 1.165) is 4.90 Å². The van der Waals surface area contributed by atoms with Crippen LogP contribution in [0.15, 0.2) is 12.2 Å². The number of nitrogens with zero attached hydrogens (tertiary/aromatic N) is 1. The van der Waals surface area contributed by atoms with Gasteiger partial charge in [0.2, 0.25) is 5.91 Å². The summed E-state index contributed by atoms with van der Waals surface area (Å²) in [6.07, 6.45) is 3.16. The molecule has 0 aromatic carbocycles. The van der Waals surface area contributed by atoms with E-state index >= 15 is 0 Å². The molecule has 25 heavy (non-hydrogen) atoms. The molecular weight excluding hydrogens is 324 g/mol. The highest BCUT2D eigenvalue weighted by Crippen LogP contribution is 2.18. The Morgan fingerprint density at radius 2 is 1.68 bits per heavy atom. The van der Waals surface area contributed by atoms with Gasteiger partial charge < -0.3 is 14.8 Å². The van der Waals surface area contributed by atoms with E-state index in [-0.39, 0.29) is 36.3 Å². The van der Waals surface area contributed by atoms with Gasteiger partial charge in [0, 0.05) is 38.3 Å². The Morgan fingerprint density at radius 1 is 1.08 bits per heavy atom. The highest BCUT2D eigenvalue weighted by atomic mass is 16.6. The molecular formula is C18H30N2O5. The molecule has 7 nitrogen and oxygen atoms in total. The van der Waals surface area contributed by atoms with Crippen molar-refractivity contribution in [3.05, 3.63) is 12.2 Å². The standard InChI is InChI=1S/C18H30N2O5/c1-6-24-18(4,5)13-25-17(2,3)10-11-19-14(21)9-12-20-15(22)7-8-16(20)23/h7-8H,6,9-13H2,1-5H3,(H,19,21). The van der Waals surface area contributed by atoms with Gasteiger partial charge in [0.05, 0.1) is 17.8 Å². The SMILES string of the molecule is CCOC(C)(C)COC(C)(C)CCNC(=O)CCN1C(=O)C=CC1=O. The fourth-order valence-corrected chi connectivity index (χ4v) is 2.33. The monoisotopic (exact) mass is 354 g/mol. The number of amides is 3. The quantitative estimate of drug-likeness (QED) is 0.567. The van der Waals surface area contributed by atoms with Crippen LogP contribution in [0.2, 0.25) is 0 Å². The molecule has 3 amide bonds. The summed E-state index contributed by atoms with van der Waals surface area (Å²) >= 11 is 0. The smallest absolute Gasteiger partial charge is 0.253 e. The van der Waals surface area contributed by atoms with Crippen molar-refractivity contribution < 1.29 is 23.9 Å². The molecule has 0 spiro atoms. The lowest BCUT2D eigenvalue weighted by atomic mass is 10.0. The number of imide groups is 1. The summed E-state index contributed by atoms with van der Waals surface area (Å²) in [6.45, 7) is 11.5. The van der Waals surface area contributed by atoms with Gasteiger partial charge in [0.1, 0.15) is 0 Å². The van der Waals surface area contributed by atoms with Crippen LogP contribution in [0, 0.1) is 0 Å². The molecule has 1 rings (SSSR count). The van der Waals surface area contributed by atoms with Crippen LogP contribution in [0.3, 0.4) is 0 Å². The van der Waals surface area contributed by atoms with Crippen molar-refractivity contribution in [2.24, 2.45) is 0 Å². The maximum absolute atomic E-state index is 11.9. The highest BCUT2D eigenvalue weighted by molar-refractivity contribution is 6.13. The second-order valence-electron chi connectivity index (χ2n) is 7.25. The van der Waals surface area contributed by atoms with E-state index in [9.17, 15) is 14.4 Å². The zero-order valence-electron chi connectivity index (χ0n) is 15.9. The van der Waals surface area contributed by atoms with Gasteiger partial charge in [-0.2, -0.15) is 0 Å². The molecule has 0 bridgehead atoms. The normalized spacial score (nSPS) is 15.2. The Labute approximate surface area is 149 Å². The first-order valence-electron chi connectivity index (χ1n) is 8.64. The fraction of sp³-hybridized carbons (Fsp3) is 0.722. The van der Waals surface area contributed by atoms with Gasteiger partial charge in [-0.3, -0.25) is 19.3 Å². The summed E-state index contributed by atoms with van der Waals surface area (Å²) in [4.78, 5) is 35.7. The minimum atomic E-state index is -0.396. The van der Waals surface area contributed by atoms with Crippen molar-refractivity contribution in [1.82, 2.24) is 10.2 Å². The van der Waals surface area contributed by atoms with Gasteiger partial charge in [0.15, 0.2) is 0 Å². The summed E-state index contributed by atoms with van der Waals surface area (Å²) in [6, 6.07) is 0.